The number of sulfonamides is 1. The molecule has 2 N–H and O–H groups in total. The largest absolute Gasteiger partial charge is 0.399 e. The summed E-state index contributed by atoms with van der Waals surface area (Å²) < 4.78 is 25.4. The van der Waals surface area contributed by atoms with E-state index in [1.165, 1.54) is 30.2 Å². The Kier molecular flexibility index (Phi) is 7.52. The Hall–Kier alpha value is -1.11. The van der Waals surface area contributed by atoms with Crippen LogP contribution in [0.2, 0.25) is 0 Å². The predicted molar refractivity (Wildman–Crippen MR) is 126 cm³/mol. The van der Waals surface area contributed by atoms with Crippen molar-refractivity contribution in [1.29, 1.82) is 0 Å². The zero-order valence-corrected chi connectivity index (χ0v) is 20.2. The van der Waals surface area contributed by atoms with Crippen molar-refractivity contribution < 1.29 is 8.42 Å². The van der Waals surface area contributed by atoms with E-state index in [0.29, 0.717) is 24.9 Å². The van der Waals surface area contributed by atoms with E-state index in [-0.39, 0.29) is 5.54 Å². The summed E-state index contributed by atoms with van der Waals surface area (Å²) in [6, 6.07) is 6.45. The quantitative estimate of drug-likeness (QED) is 0.629. The highest BCUT2D eigenvalue weighted by Crippen LogP contribution is 2.40. The zero-order chi connectivity index (χ0) is 21.9. The molecule has 1 heterocycles. The van der Waals surface area contributed by atoms with Gasteiger partial charge in [0, 0.05) is 30.9 Å². The fourth-order valence-electron chi connectivity index (χ4n) is 5.72. The lowest BCUT2D eigenvalue weighted by Crippen LogP contribution is -2.55. The summed E-state index contributed by atoms with van der Waals surface area (Å²) in [5.41, 5.74) is 10.1. The topological polar surface area (TPSA) is 66.6 Å². The molecule has 0 aromatic heterocycles. The van der Waals surface area contributed by atoms with Crippen LogP contribution in [-0.4, -0.2) is 55.6 Å². The number of piperidine rings is 1. The highest BCUT2D eigenvalue weighted by molar-refractivity contribution is 7.88. The minimum atomic E-state index is -3.07. The molecule has 0 bridgehead atoms. The molecule has 1 fully saturated rings. The Morgan fingerprint density at radius 2 is 1.93 bits per heavy atom. The number of rotatable bonds is 8. The number of aryl methyl sites for hydroxylation is 1. The third-order valence-corrected chi connectivity index (χ3v) is 8.39. The van der Waals surface area contributed by atoms with Crippen molar-refractivity contribution >= 4 is 15.7 Å². The van der Waals surface area contributed by atoms with Gasteiger partial charge in [0.15, 0.2) is 0 Å². The highest BCUT2D eigenvalue weighted by atomic mass is 32.2. The van der Waals surface area contributed by atoms with Crippen LogP contribution in [0, 0.1) is 11.8 Å². The van der Waals surface area contributed by atoms with E-state index < -0.39 is 10.0 Å². The molecule has 2 aliphatic rings. The smallest absolute Gasteiger partial charge is 0.211 e. The minimum Gasteiger partial charge on any atom is -0.399 e. The number of hydrogen-bond acceptors (Lipinski definition) is 4. The van der Waals surface area contributed by atoms with Crippen LogP contribution in [0.5, 0.6) is 0 Å². The molecule has 6 heteroatoms. The van der Waals surface area contributed by atoms with Gasteiger partial charge in [0.1, 0.15) is 0 Å². The van der Waals surface area contributed by atoms with Crippen molar-refractivity contribution in [1.82, 2.24) is 9.21 Å². The zero-order valence-electron chi connectivity index (χ0n) is 19.4. The number of benzene rings is 1. The van der Waals surface area contributed by atoms with Crippen molar-refractivity contribution in [3.63, 3.8) is 0 Å². The minimum absolute atomic E-state index is 0.180. The predicted octanol–water partition coefficient (Wildman–Crippen LogP) is 3.93. The Bertz CT molecular complexity index is 816. The Morgan fingerprint density at radius 1 is 1.23 bits per heavy atom. The van der Waals surface area contributed by atoms with Crippen LogP contribution in [0.4, 0.5) is 5.69 Å². The molecule has 5 nitrogen and oxygen atoms in total. The molecule has 0 saturated carbocycles. The van der Waals surface area contributed by atoms with E-state index in [0.717, 1.165) is 50.9 Å². The van der Waals surface area contributed by atoms with Crippen molar-refractivity contribution in [2.75, 3.05) is 38.2 Å². The van der Waals surface area contributed by atoms with Gasteiger partial charge in [0.25, 0.3) is 0 Å². The van der Waals surface area contributed by atoms with Crippen molar-refractivity contribution in [3.8, 4) is 0 Å². The van der Waals surface area contributed by atoms with E-state index in [1.807, 2.05) is 6.07 Å². The maximum atomic E-state index is 11.9. The van der Waals surface area contributed by atoms with Crippen molar-refractivity contribution in [2.24, 2.45) is 11.8 Å². The fourth-order valence-corrected chi connectivity index (χ4v) is 6.60. The first-order valence-electron chi connectivity index (χ1n) is 11.7. The summed E-state index contributed by atoms with van der Waals surface area (Å²) in [6.45, 7) is 10.5. The van der Waals surface area contributed by atoms with Gasteiger partial charge < -0.3 is 5.73 Å². The first-order chi connectivity index (χ1) is 14.1. The SMILES string of the molecule is CCCN(CC1CCN(S(C)(=O)=O)CC1)C1(CC(C)C)CCc2ccc(N)cc2C1. The Morgan fingerprint density at radius 3 is 2.53 bits per heavy atom. The average molecular weight is 436 g/mol. The third-order valence-electron chi connectivity index (χ3n) is 7.08. The van der Waals surface area contributed by atoms with Gasteiger partial charge in [-0.15, -0.1) is 0 Å². The maximum Gasteiger partial charge on any atom is 0.211 e. The van der Waals surface area contributed by atoms with Crippen LogP contribution in [-0.2, 0) is 22.9 Å². The molecule has 3 rings (SSSR count). The van der Waals surface area contributed by atoms with Crippen LogP contribution in [0.15, 0.2) is 18.2 Å². The summed E-state index contributed by atoms with van der Waals surface area (Å²) in [6.07, 6.45) is 9.00. The summed E-state index contributed by atoms with van der Waals surface area (Å²) in [4.78, 5) is 2.78. The molecule has 1 atom stereocenters. The molecule has 1 aliphatic heterocycles. The number of nitrogens with two attached hydrogens (primary N) is 1. The Labute approximate surface area is 184 Å². The van der Waals surface area contributed by atoms with Crippen LogP contribution in [0.3, 0.4) is 0 Å². The summed E-state index contributed by atoms with van der Waals surface area (Å²) in [5.74, 6) is 1.21. The standard InChI is InChI=1S/C24H41N3O2S/c1-5-12-26(18-20-9-13-27(14-10-20)30(4,28)29)24(16-19(2)3)11-8-21-6-7-23(25)15-22(21)17-24/h6-7,15,19-20H,5,8-14,16-18,25H2,1-4H3. The molecular weight excluding hydrogens is 394 g/mol. The maximum absolute atomic E-state index is 11.9. The Balaban J connectivity index is 1.80. The first-order valence-corrected chi connectivity index (χ1v) is 13.6. The van der Waals surface area contributed by atoms with E-state index in [1.54, 1.807) is 4.31 Å². The van der Waals surface area contributed by atoms with Crippen LogP contribution >= 0.6 is 0 Å². The third kappa shape index (κ3) is 5.57. The normalized spacial score (nSPS) is 23.8. The average Bonchev–Trinajstić information content (AvgIpc) is 2.66. The number of nitrogen functional groups attached to an aromatic ring is 1. The van der Waals surface area contributed by atoms with Crippen LogP contribution in [0.1, 0.15) is 64.0 Å². The van der Waals surface area contributed by atoms with Gasteiger partial charge in [-0.05, 0) is 86.6 Å². The fraction of sp³-hybridized carbons (Fsp3) is 0.750. The van der Waals surface area contributed by atoms with Gasteiger partial charge >= 0.3 is 0 Å². The molecule has 1 saturated heterocycles. The first kappa shape index (κ1) is 23.6. The lowest BCUT2D eigenvalue weighted by Gasteiger charge is -2.50. The molecule has 170 valence electrons. The summed E-state index contributed by atoms with van der Waals surface area (Å²) in [7, 11) is -3.07. The molecule has 1 unspecified atom stereocenters. The molecule has 1 aliphatic carbocycles. The highest BCUT2D eigenvalue weighted by Gasteiger charge is 2.41. The van der Waals surface area contributed by atoms with Crippen molar-refractivity contribution in [2.45, 2.75) is 71.3 Å². The van der Waals surface area contributed by atoms with Gasteiger partial charge in [0.05, 0.1) is 6.26 Å². The van der Waals surface area contributed by atoms with E-state index in [9.17, 15) is 8.42 Å². The van der Waals surface area contributed by atoms with E-state index in [4.69, 9.17) is 5.73 Å². The van der Waals surface area contributed by atoms with E-state index in [2.05, 4.69) is 37.8 Å². The second-order valence-electron chi connectivity index (χ2n) is 10.1. The molecule has 1 aromatic rings. The number of anilines is 1. The van der Waals surface area contributed by atoms with Gasteiger partial charge in [-0.3, -0.25) is 4.90 Å². The molecule has 30 heavy (non-hydrogen) atoms. The number of hydrogen-bond donors (Lipinski definition) is 1. The van der Waals surface area contributed by atoms with Crippen LogP contribution < -0.4 is 5.73 Å². The van der Waals surface area contributed by atoms with Crippen molar-refractivity contribution in [3.05, 3.63) is 29.3 Å². The monoisotopic (exact) mass is 435 g/mol. The second kappa shape index (κ2) is 9.58. The van der Waals surface area contributed by atoms with Gasteiger partial charge in [-0.25, -0.2) is 12.7 Å². The van der Waals surface area contributed by atoms with Gasteiger partial charge in [-0.2, -0.15) is 0 Å². The lowest BCUT2D eigenvalue weighted by molar-refractivity contribution is 0.0304. The molecular formula is C24H41N3O2S. The summed E-state index contributed by atoms with van der Waals surface area (Å²) >= 11 is 0. The van der Waals surface area contributed by atoms with Crippen LogP contribution in [0.25, 0.3) is 0 Å². The van der Waals surface area contributed by atoms with E-state index >= 15 is 0 Å². The number of nitrogens with zero attached hydrogens (tertiary/aromatic N) is 2. The lowest BCUT2D eigenvalue weighted by atomic mass is 9.72. The van der Waals surface area contributed by atoms with Gasteiger partial charge in [-0.1, -0.05) is 26.8 Å². The molecule has 0 radical (unpaired) electrons. The molecule has 1 aromatic carbocycles. The van der Waals surface area contributed by atoms with Gasteiger partial charge in [0.2, 0.25) is 10.0 Å². The molecule has 0 amide bonds. The summed E-state index contributed by atoms with van der Waals surface area (Å²) in [5, 5.41) is 0. The second-order valence-corrected chi connectivity index (χ2v) is 12.1. The molecule has 0 spiro atoms. The number of fused-ring (bicyclic) bond motifs is 1.